The summed E-state index contributed by atoms with van der Waals surface area (Å²) in [6, 6.07) is 6.96. The number of hydrogen-bond donors (Lipinski definition) is 2. The van der Waals surface area contributed by atoms with E-state index in [-0.39, 0.29) is 5.91 Å². The lowest BCUT2D eigenvalue weighted by molar-refractivity contribution is 0.0928. The molecular weight excluding hydrogens is 262 g/mol. The summed E-state index contributed by atoms with van der Waals surface area (Å²) >= 11 is 0. The first-order chi connectivity index (χ1) is 10.3. The first kappa shape index (κ1) is 13.1. The lowest BCUT2D eigenvalue weighted by Gasteiger charge is -2.24. The summed E-state index contributed by atoms with van der Waals surface area (Å²) in [7, 11) is 0. The van der Waals surface area contributed by atoms with Crippen LogP contribution in [-0.4, -0.2) is 42.5 Å². The maximum absolute atomic E-state index is 12.7. The molecule has 2 N–H and O–H groups in total. The Morgan fingerprint density at radius 1 is 1.24 bits per heavy atom. The third-order valence-corrected chi connectivity index (χ3v) is 5.26. The zero-order valence-electron chi connectivity index (χ0n) is 12.4. The molecular formula is C17H23N3O. The highest BCUT2D eigenvalue weighted by Gasteiger charge is 2.38. The SMILES string of the molecule is O=C(NC1CCN2CCCC12)c1cccc2c1CCCN2. The molecule has 0 spiro atoms. The predicted molar refractivity (Wildman–Crippen MR) is 83.7 cm³/mol. The van der Waals surface area contributed by atoms with E-state index in [0.29, 0.717) is 12.1 Å². The zero-order valence-corrected chi connectivity index (χ0v) is 12.4. The van der Waals surface area contributed by atoms with Crippen molar-refractivity contribution >= 4 is 11.6 Å². The third-order valence-electron chi connectivity index (χ3n) is 5.26. The molecule has 2 saturated heterocycles. The van der Waals surface area contributed by atoms with Gasteiger partial charge in [-0.15, -0.1) is 0 Å². The normalized spacial score (nSPS) is 27.8. The number of amides is 1. The Balaban J connectivity index is 1.53. The molecule has 2 atom stereocenters. The Labute approximate surface area is 125 Å². The van der Waals surface area contributed by atoms with Gasteiger partial charge in [-0.25, -0.2) is 0 Å². The first-order valence-corrected chi connectivity index (χ1v) is 8.23. The van der Waals surface area contributed by atoms with Crippen molar-refractivity contribution in [2.45, 2.75) is 44.2 Å². The van der Waals surface area contributed by atoms with Crippen molar-refractivity contribution in [3.8, 4) is 0 Å². The Morgan fingerprint density at radius 2 is 2.19 bits per heavy atom. The fourth-order valence-corrected chi connectivity index (χ4v) is 4.22. The van der Waals surface area contributed by atoms with E-state index in [1.807, 2.05) is 12.1 Å². The average molecular weight is 285 g/mol. The minimum atomic E-state index is 0.120. The van der Waals surface area contributed by atoms with Crippen LogP contribution in [0.4, 0.5) is 5.69 Å². The molecule has 1 amide bonds. The lowest BCUT2D eigenvalue weighted by atomic mass is 9.96. The predicted octanol–water partition coefficient (Wildman–Crippen LogP) is 2.01. The standard InChI is InChI=1S/C17H23N3O/c21-17(19-15-8-11-20-10-3-7-16(15)20)13-4-1-6-14-12(13)5-2-9-18-14/h1,4,6,15-16,18H,2-3,5,7-11H2,(H,19,21). The molecule has 3 aliphatic heterocycles. The zero-order chi connectivity index (χ0) is 14.2. The minimum absolute atomic E-state index is 0.120. The number of carbonyl (C=O) groups excluding carboxylic acids is 1. The quantitative estimate of drug-likeness (QED) is 0.873. The van der Waals surface area contributed by atoms with Crippen molar-refractivity contribution in [3.63, 3.8) is 0 Å². The molecule has 4 heteroatoms. The topological polar surface area (TPSA) is 44.4 Å². The Bertz CT molecular complexity index is 557. The van der Waals surface area contributed by atoms with E-state index in [1.165, 1.54) is 24.9 Å². The molecule has 0 aliphatic carbocycles. The molecule has 2 fully saturated rings. The number of nitrogens with zero attached hydrogens (tertiary/aromatic N) is 1. The number of nitrogens with one attached hydrogen (secondary N) is 2. The summed E-state index contributed by atoms with van der Waals surface area (Å²) in [5.74, 6) is 0.120. The number of carbonyl (C=O) groups is 1. The fraction of sp³-hybridized carbons (Fsp3) is 0.588. The largest absolute Gasteiger partial charge is 0.385 e. The molecule has 2 unspecified atom stereocenters. The molecule has 0 aromatic heterocycles. The highest BCUT2D eigenvalue weighted by atomic mass is 16.1. The van der Waals surface area contributed by atoms with Crippen LogP contribution in [0.5, 0.6) is 0 Å². The van der Waals surface area contributed by atoms with Gasteiger partial charge in [0.1, 0.15) is 0 Å². The molecule has 0 saturated carbocycles. The lowest BCUT2D eigenvalue weighted by Crippen LogP contribution is -2.42. The summed E-state index contributed by atoms with van der Waals surface area (Å²) < 4.78 is 0. The Morgan fingerprint density at radius 3 is 3.14 bits per heavy atom. The van der Waals surface area contributed by atoms with Crippen LogP contribution in [-0.2, 0) is 6.42 Å². The Hall–Kier alpha value is -1.55. The van der Waals surface area contributed by atoms with E-state index in [4.69, 9.17) is 0 Å². The number of anilines is 1. The van der Waals surface area contributed by atoms with Crippen molar-refractivity contribution in [2.75, 3.05) is 25.0 Å². The molecule has 112 valence electrons. The maximum atomic E-state index is 12.7. The molecule has 1 aromatic rings. The number of hydrogen-bond acceptors (Lipinski definition) is 3. The highest BCUT2D eigenvalue weighted by molar-refractivity contribution is 5.97. The van der Waals surface area contributed by atoms with Gasteiger partial charge < -0.3 is 10.6 Å². The summed E-state index contributed by atoms with van der Waals surface area (Å²) in [6.45, 7) is 3.36. The van der Waals surface area contributed by atoms with Gasteiger partial charge in [-0.1, -0.05) is 6.07 Å². The number of rotatable bonds is 2. The fourth-order valence-electron chi connectivity index (χ4n) is 4.22. The second kappa shape index (κ2) is 5.34. The van der Waals surface area contributed by atoms with Crippen LogP contribution in [0.1, 0.15) is 41.6 Å². The van der Waals surface area contributed by atoms with Crippen molar-refractivity contribution < 1.29 is 4.79 Å². The molecule has 0 radical (unpaired) electrons. The monoisotopic (exact) mass is 285 g/mol. The van der Waals surface area contributed by atoms with Gasteiger partial charge in [-0.05, 0) is 56.3 Å². The van der Waals surface area contributed by atoms with Gasteiger partial charge in [0.15, 0.2) is 0 Å². The molecule has 1 aromatic carbocycles. The van der Waals surface area contributed by atoms with Crippen molar-refractivity contribution in [1.29, 1.82) is 0 Å². The third kappa shape index (κ3) is 2.31. The molecule has 0 bridgehead atoms. The second-order valence-corrected chi connectivity index (χ2v) is 6.48. The van der Waals surface area contributed by atoms with Gasteiger partial charge in [-0.2, -0.15) is 0 Å². The van der Waals surface area contributed by atoms with Crippen LogP contribution in [0.3, 0.4) is 0 Å². The summed E-state index contributed by atoms with van der Waals surface area (Å²) in [5, 5.41) is 6.71. The van der Waals surface area contributed by atoms with E-state index in [9.17, 15) is 4.79 Å². The van der Waals surface area contributed by atoms with E-state index >= 15 is 0 Å². The molecule has 4 nitrogen and oxygen atoms in total. The van der Waals surface area contributed by atoms with Gasteiger partial charge in [0, 0.05) is 36.4 Å². The Kier molecular flexibility index (Phi) is 3.34. The van der Waals surface area contributed by atoms with Gasteiger partial charge in [-0.3, -0.25) is 9.69 Å². The second-order valence-electron chi connectivity index (χ2n) is 6.48. The van der Waals surface area contributed by atoms with Crippen LogP contribution in [0, 0.1) is 0 Å². The van der Waals surface area contributed by atoms with Crippen LogP contribution in [0.2, 0.25) is 0 Å². The minimum Gasteiger partial charge on any atom is -0.385 e. The van der Waals surface area contributed by atoms with Gasteiger partial charge in [0.2, 0.25) is 0 Å². The van der Waals surface area contributed by atoms with Crippen molar-refractivity contribution in [2.24, 2.45) is 0 Å². The summed E-state index contributed by atoms with van der Waals surface area (Å²) in [6.07, 6.45) is 5.73. The molecule has 21 heavy (non-hydrogen) atoms. The highest BCUT2D eigenvalue weighted by Crippen LogP contribution is 2.29. The number of benzene rings is 1. The summed E-state index contributed by atoms with van der Waals surface area (Å²) in [4.78, 5) is 15.2. The average Bonchev–Trinajstić information content (AvgIpc) is 3.12. The van der Waals surface area contributed by atoms with Crippen molar-refractivity contribution in [3.05, 3.63) is 29.3 Å². The van der Waals surface area contributed by atoms with Gasteiger partial charge in [0.05, 0.1) is 0 Å². The summed E-state index contributed by atoms with van der Waals surface area (Å²) in [5.41, 5.74) is 3.21. The molecule has 3 heterocycles. The van der Waals surface area contributed by atoms with E-state index in [2.05, 4.69) is 21.6 Å². The molecule has 3 aliphatic rings. The van der Waals surface area contributed by atoms with Gasteiger partial charge in [0.25, 0.3) is 5.91 Å². The van der Waals surface area contributed by atoms with Crippen LogP contribution in [0.15, 0.2) is 18.2 Å². The molecule has 4 rings (SSSR count). The first-order valence-electron chi connectivity index (χ1n) is 8.23. The van der Waals surface area contributed by atoms with Crippen molar-refractivity contribution in [1.82, 2.24) is 10.2 Å². The van der Waals surface area contributed by atoms with E-state index < -0.39 is 0 Å². The maximum Gasteiger partial charge on any atom is 0.251 e. The van der Waals surface area contributed by atoms with Crippen LogP contribution < -0.4 is 10.6 Å². The number of fused-ring (bicyclic) bond motifs is 2. The van der Waals surface area contributed by atoms with E-state index in [0.717, 1.165) is 43.6 Å². The van der Waals surface area contributed by atoms with Crippen LogP contribution in [0.25, 0.3) is 0 Å². The van der Waals surface area contributed by atoms with E-state index in [1.54, 1.807) is 0 Å². The van der Waals surface area contributed by atoms with Gasteiger partial charge >= 0.3 is 0 Å². The van der Waals surface area contributed by atoms with Crippen LogP contribution >= 0.6 is 0 Å². The smallest absolute Gasteiger partial charge is 0.251 e.